The molecule has 1 heterocycles. The summed E-state index contributed by atoms with van der Waals surface area (Å²) in [6.07, 6.45) is 2.38. The molecule has 0 amide bonds. The van der Waals surface area contributed by atoms with E-state index in [1.165, 1.54) is 0 Å². The Morgan fingerprint density at radius 3 is 2.08 bits per heavy atom. The number of halogens is 1. The summed E-state index contributed by atoms with van der Waals surface area (Å²) in [5.41, 5.74) is 2.40. The summed E-state index contributed by atoms with van der Waals surface area (Å²) in [5, 5.41) is 8.97. The van der Waals surface area contributed by atoms with Gasteiger partial charge in [-0.15, -0.1) is 6.58 Å². The monoisotopic (exact) mass is 336 g/mol. The van der Waals surface area contributed by atoms with Gasteiger partial charge in [-0.1, -0.05) is 29.8 Å². The highest BCUT2D eigenvalue weighted by Crippen LogP contribution is 2.28. The quantitative estimate of drug-likeness (QED) is 0.599. The van der Waals surface area contributed by atoms with Crippen molar-refractivity contribution in [3.05, 3.63) is 58.9 Å². The summed E-state index contributed by atoms with van der Waals surface area (Å²) in [7, 11) is 0. The van der Waals surface area contributed by atoms with Crippen LogP contribution in [0, 0.1) is 19.7 Å². The Labute approximate surface area is 144 Å². The second-order valence-electron chi connectivity index (χ2n) is 6.19. The van der Waals surface area contributed by atoms with E-state index >= 15 is 0 Å². The van der Waals surface area contributed by atoms with Crippen LogP contribution in [0.25, 0.3) is 0 Å². The van der Waals surface area contributed by atoms with E-state index in [0.717, 1.165) is 16.7 Å². The van der Waals surface area contributed by atoms with Crippen LogP contribution in [0.4, 0.5) is 4.39 Å². The molecule has 134 valence electrons. The second-order valence-corrected chi connectivity index (χ2v) is 6.19. The van der Waals surface area contributed by atoms with Crippen LogP contribution in [0.5, 0.6) is 0 Å². The highest BCUT2D eigenvalue weighted by Gasteiger charge is 2.34. The van der Waals surface area contributed by atoms with Gasteiger partial charge in [-0.3, -0.25) is 0 Å². The number of hydrogen-bond acceptors (Lipinski definition) is 3. The Hall–Kier alpha value is -1.94. The van der Waals surface area contributed by atoms with Crippen LogP contribution >= 0.6 is 0 Å². The number of ether oxygens (including phenoxy) is 1. The van der Waals surface area contributed by atoms with Crippen LogP contribution in [0.1, 0.15) is 45.2 Å². The number of cyclic esters (lactones) is 1. The molecule has 4 heteroatoms. The minimum Gasteiger partial charge on any atom is -0.453 e. The summed E-state index contributed by atoms with van der Waals surface area (Å²) in [5.74, 6) is -0.396. The summed E-state index contributed by atoms with van der Waals surface area (Å²) in [6, 6.07) is 5.39. The molecule has 0 aliphatic carbocycles. The fraction of sp³-hybridized carbons (Fsp3) is 0.450. The number of carbonyl (C=O) groups is 1. The van der Waals surface area contributed by atoms with Crippen LogP contribution < -0.4 is 0 Å². The summed E-state index contributed by atoms with van der Waals surface area (Å²) >= 11 is 0. The molecule has 0 saturated carbocycles. The molecule has 3 nitrogen and oxygen atoms in total. The lowest BCUT2D eigenvalue weighted by Crippen LogP contribution is -2.39. The lowest BCUT2D eigenvalue weighted by atomic mass is 9.92. The van der Waals surface area contributed by atoms with Crippen molar-refractivity contribution in [3.63, 3.8) is 0 Å². The Balaban J connectivity index is 0.000000390. The summed E-state index contributed by atoms with van der Waals surface area (Å²) in [6.45, 7) is 14.0. The number of hydrogen-bond donors (Lipinski definition) is 1. The first-order chi connectivity index (χ1) is 11.1. The van der Waals surface area contributed by atoms with Crippen molar-refractivity contribution < 1.29 is 19.0 Å². The van der Waals surface area contributed by atoms with Gasteiger partial charge >= 0.3 is 5.97 Å². The molecule has 0 fully saturated rings. The Bertz CT molecular complexity index is 585. The molecule has 1 N–H and O–H groups in total. The maximum absolute atomic E-state index is 12.7. The van der Waals surface area contributed by atoms with Crippen LogP contribution in [0.15, 0.2) is 42.0 Å². The standard InChI is InChI=1S/C9H14O3.C8H9F.C3H6/c1-6-4-9(3,5-10)12-8(11)7(6)2;1-6-4-3-5-7(2)8(6)9;1-3-2/h10H,4-5H2,1-3H3;3-5H,1-2H3;3H,1H2,2H3. The maximum atomic E-state index is 12.7. The van der Waals surface area contributed by atoms with Crippen molar-refractivity contribution >= 4 is 5.97 Å². The van der Waals surface area contributed by atoms with Crippen molar-refractivity contribution in [1.29, 1.82) is 0 Å². The zero-order valence-corrected chi connectivity index (χ0v) is 15.6. The first-order valence-electron chi connectivity index (χ1n) is 7.91. The predicted molar refractivity (Wildman–Crippen MR) is 96.3 cm³/mol. The Morgan fingerprint density at radius 1 is 1.29 bits per heavy atom. The van der Waals surface area contributed by atoms with E-state index in [2.05, 4.69) is 6.58 Å². The van der Waals surface area contributed by atoms with Crippen molar-refractivity contribution in [2.24, 2.45) is 0 Å². The number of aliphatic hydroxyl groups excluding tert-OH is 1. The normalized spacial score (nSPS) is 19.4. The number of carbonyl (C=O) groups excluding carboxylic acids is 1. The van der Waals surface area contributed by atoms with Gasteiger partial charge in [-0.05, 0) is 52.7 Å². The van der Waals surface area contributed by atoms with Crippen LogP contribution in [0.2, 0.25) is 0 Å². The third kappa shape index (κ3) is 6.67. The fourth-order valence-corrected chi connectivity index (χ4v) is 2.09. The molecule has 1 atom stereocenters. The van der Waals surface area contributed by atoms with E-state index in [4.69, 9.17) is 9.84 Å². The highest BCUT2D eigenvalue weighted by atomic mass is 19.1. The molecule has 1 unspecified atom stereocenters. The first kappa shape index (κ1) is 22.1. The van der Waals surface area contributed by atoms with E-state index < -0.39 is 5.60 Å². The molecule has 0 bridgehead atoms. The average molecular weight is 336 g/mol. The SMILES string of the molecule is C=CC.CC1=C(C)C(=O)OC(C)(CO)C1.Cc1cccc(C)c1F. The predicted octanol–water partition coefficient (Wildman–Crippen LogP) is 4.66. The molecule has 2 rings (SSSR count). The lowest BCUT2D eigenvalue weighted by molar-refractivity contribution is -0.159. The number of allylic oxidation sites excluding steroid dienone is 1. The third-order valence-electron chi connectivity index (χ3n) is 3.64. The molecule has 1 aromatic carbocycles. The van der Waals surface area contributed by atoms with Gasteiger partial charge in [0.25, 0.3) is 0 Å². The molecule has 0 radical (unpaired) electrons. The van der Waals surface area contributed by atoms with Crippen molar-refractivity contribution in [2.75, 3.05) is 6.61 Å². The molecule has 1 aliphatic heterocycles. The topological polar surface area (TPSA) is 46.5 Å². The molecule has 0 saturated heterocycles. The van der Waals surface area contributed by atoms with Crippen molar-refractivity contribution in [3.8, 4) is 0 Å². The Morgan fingerprint density at radius 2 is 1.75 bits per heavy atom. The van der Waals surface area contributed by atoms with Crippen molar-refractivity contribution in [1.82, 2.24) is 0 Å². The van der Waals surface area contributed by atoms with Gasteiger partial charge in [0.2, 0.25) is 0 Å². The number of aryl methyl sites for hydroxylation is 2. The summed E-state index contributed by atoms with van der Waals surface area (Å²) in [4.78, 5) is 11.2. The number of aliphatic hydroxyl groups is 1. The minimum absolute atomic E-state index is 0.0856. The van der Waals surface area contributed by atoms with E-state index in [9.17, 15) is 9.18 Å². The zero-order chi connectivity index (χ0) is 18.9. The number of rotatable bonds is 1. The van der Waals surface area contributed by atoms with Crippen LogP contribution in [-0.4, -0.2) is 23.3 Å². The highest BCUT2D eigenvalue weighted by molar-refractivity contribution is 5.89. The molecular weight excluding hydrogens is 307 g/mol. The van der Waals surface area contributed by atoms with Gasteiger partial charge < -0.3 is 9.84 Å². The van der Waals surface area contributed by atoms with Gasteiger partial charge in [-0.2, -0.15) is 0 Å². The molecule has 0 spiro atoms. The zero-order valence-electron chi connectivity index (χ0n) is 15.6. The lowest BCUT2D eigenvalue weighted by Gasteiger charge is -2.32. The smallest absolute Gasteiger partial charge is 0.334 e. The molecule has 1 aromatic rings. The fourth-order valence-electron chi connectivity index (χ4n) is 2.09. The van der Waals surface area contributed by atoms with E-state index in [1.54, 1.807) is 45.9 Å². The summed E-state index contributed by atoms with van der Waals surface area (Å²) < 4.78 is 17.8. The third-order valence-corrected chi connectivity index (χ3v) is 3.64. The van der Waals surface area contributed by atoms with Gasteiger partial charge in [0.15, 0.2) is 0 Å². The number of benzene rings is 1. The minimum atomic E-state index is -0.708. The number of esters is 1. The van der Waals surface area contributed by atoms with Crippen LogP contribution in [-0.2, 0) is 9.53 Å². The van der Waals surface area contributed by atoms with Gasteiger partial charge in [-0.25, -0.2) is 9.18 Å². The molecule has 0 aromatic heterocycles. The van der Waals surface area contributed by atoms with Gasteiger partial charge in [0, 0.05) is 12.0 Å². The van der Waals surface area contributed by atoms with Crippen molar-refractivity contribution in [2.45, 2.75) is 53.6 Å². The Kier molecular flexibility index (Phi) is 9.22. The second kappa shape index (κ2) is 10.0. The van der Waals surface area contributed by atoms with Gasteiger partial charge in [0.1, 0.15) is 11.4 Å². The largest absolute Gasteiger partial charge is 0.453 e. The van der Waals surface area contributed by atoms with Gasteiger partial charge in [0.05, 0.1) is 6.61 Å². The molecule has 24 heavy (non-hydrogen) atoms. The average Bonchev–Trinajstić information content (AvgIpc) is 2.52. The van der Waals surface area contributed by atoms with E-state index in [0.29, 0.717) is 12.0 Å². The van der Waals surface area contributed by atoms with E-state index in [1.807, 2.05) is 19.9 Å². The molecule has 1 aliphatic rings. The molecular formula is C20H29FO3. The maximum Gasteiger partial charge on any atom is 0.334 e. The van der Waals surface area contributed by atoms with Crippen LogP contribution in [0.3, 0.4) is 0 Å². The van der Waals surface area contributed by atoms with E-state index in [-0.39, 0.29) is 18.4 Å². The first-order valence-corrected chi connectivity index (χ1v) is 7.91.